The average molecular weight is 236 g/mol. The fraction of sp³-hybridized carbons (Fsp3) is 0.333. The summed E-state index contributed by atoms with van der Waals surface area (Å²) in [6.45, 7) is 7.09. The van der Waals surface area contributed by atoms with E-state index >= 15 is 0 Å². The van der Waals surface area contributed by atoms with Gasteiger partial charge in [-0.05, 0) is 40.0 Å². The number of hydrogen-bond donors (Lipinski definition) is 0. The normalized spacial score (nSPS) is 21.6. The van der Waals surface area contributed by atoms with Crippen LogP contribution in [0.2, 0.25) is 0 Å². The number of fused-ring (bicyclic) bond motifs is 3. The lowest BCUT2D eigenvalue weighted by atomic mass is 9.63. The Morgan fingerprint density at radius 1 is 0.889 bits per heavy atom. The zero-order valence-corrected chi connectivity index (χ0v) is 11.4. The Kier molecular flexibility index (Phi) is 2.55. The van der Waals surface area contributed by atoms with Crippen molar-refractivity contribution < 1.29 is 0 Å². The predicted octanol–water partition coefficient (Wildman–Crippen LogP) is 4.82. The summed E-state index contributed by atoms with van der Waals surface area (Å²) in [4.78, 5) is 0. The molecule has 0 spiro atoms. The van der Waals surface area contributed by atoms with Crippen LogP contribution in [0.4, 0.5) is 0 Å². The molecule has 92 valence electrons. The summed E-state index contributed by atoms with van der Waals surface area (Å²) in [5.41, 5.74) is 6.11. The van der Waals surface area contributed by atoms with Gasteiger partial charge in [0.2, 0.25) is 0 Å². The molecule has 1 aliphatic rings. The monoisotopic (exact) mass is 236 g/mol. The molecule has 1 aliphatic carbocycles. The van der Waals surface area contributed by atoms with E-state index in [0.29, 0.717) is 5.92 Å². The molecule has 0 saturated carbocycles. The molecule has 0 aromatic heterocycles. The molecule has 1 atom stereocenters. The van der Waals surface area contributed by atoms with Crippen molar-refractivity contribution in [3.05, 3.63) is 59.7 Å². The van der Waals surface area contributed by atoms with Gasteiger partial charge in [0.25, 0.3) is 0 Å². The molecule has 0 amide bonds. The molecule has 0 heterocycles. The van der Waals surface area contributed by atoms with E-state index in [1.54, 1.807) is 0 Å². The average Bonchev–Trinajstić information content (AvgIpc) is 2.39. The van der Waals surface area contributed by atoms with Gasteiger partial charge in [-0.2, -0.15) is 0 Å². The maximum atomic E-state index is 2.41. The van der Waals surface area contributed by atoms with E-state index in [1.165, 1.54) is 22.3 Å². The number of benzene rings is 2. The summed E-state index contributed by atoms with van der Waals surface area (Å²) in [6, 6.07) is 17.8. The van der Waals surface area contributed by atoms with Gasteiger partial charge in [0.05, 0.1) is 0 Å². The summed E-state index contributed by atoms with van der Waals surface area (Å²) in [5.74, 6) is 0.645. The van der Waals surface area contributed by atoms with Crippen molar-refractivity contribution in [3.63, 3.8) is 0 Å². The highest BCUT2D eigenvalue weighted by Gasteiger charge is 2.36. The molecule has 0 heteroatoms. The summed E-state index contributed by atoms with van der Waals surface area (Å²) in [5, 5.41) is 0. The van der Waals surface area contributed by atoms with Crippen LogP contribution in [0, 0.1) is 5.92 Å². The van der Waals surface area contributed by atoms with Gasteiger partial charge in [0, 0.05) is 0 Å². The SMILES string of the molecule is CC(C)C1(C)Cc2ccccc2-c2ccccc21. The van der Waals surface area contributed by atoms with Crippen LogP contribution in [0.3, 0.4) is 0 Å². The molecule has 0 nitrogen and oxygen atoms in total. The van der Waals surface area contributed by atoms with Crippen LogP contribution in [0.15, 0.2) is 48.5 Å². The van der Waals surface area contributed by atoms with Crippen molar-refractivity contribution in [2.75, 3.05) is 0 Å². The van der Waals surface area contributed by atoms with Crippen LogP contribution < -0.4 is 0 Å². The minimum absolute atomic E-state index is 0.255. The van der Waals surface area contributed by atoms with Crippen molar-refractivity contribution in [1.29, 1.82) is 0 Å². The summed E-state index contributed by atoms with van der Waals surface area (Å²) >= 11 is 0. The summed E-state index contributed by atoms with van der Waals surface area (Å²) in [6.07, 6.45) is 1.15. The van der Waals surface area contributed by atoms with Crippen molar-refractivity contribution in [2.24, 2.45) is 5.92 Å². The van der Waals surface area contributed by atoms with Crippen molar-refractivity contribution in [2.45, 2.75) is 32.6 Å². The third-order valence-electron chi connectivity index (χ3n) is 4.68. The Bertz CT molecular complexity index is 580. The van der Waals surface area contributed by atoms with Gasteiger partial charge in [-0.25, -0.2) is 0 Å². The largest absolute Gasteiger partial charge is 0.0620 e. The quantitative estimate of drug-likeness (QED) is 0.665. The minimum Gasteiger partial charge on any atom is -0.0620 e. The molecular weight excluding hydrogens is 216 g/mol. The van der Waals surface area contributed by atoms with E-state index in [9.17, 15) is 0 Å². The van der Waals surface area contributed by atoms with Crippen LogP contribution in [0.1, 0.15) is 31.9 Å². The smallest absolute Gasteiger partial charge is 0.000560 e. The Morgan fingerprint density at radius 2 is 1.50 bits per heavy atom. The first-order chi connectivity index (χ1) is 8.63. The van der Waals surface area contributed by atoms with Gasteiger partial charge in [-0.1, -0.05) is 69.3 Å². The second-order valence-corrected chi connectivity index (χ2v) is 5.95. The Labute approximate surface area is 110 Å². The second kappa shape index (κ2) is 3.98. The molecule has 1 unspecified atom stereocenters. The van der Waals surface area contributed by atoms with E-state index < -0.39 is 0 Å². The summed E-state index contributed by atoms with van der Waals surface area (Å²) < 4.78 is 0. The van der Waals surface area contributed by atoms with E-state index in [-0.39, 0.29) is 5.41 Å². The maximum Gasteiger partial charge on any atom is -0.000560 e. The molecule has 0 N–H and O–H groups in total. The van der Waals surface area contributed by atoms with Crippen LogP contribution in [0.5, 0.6) is 0 Å². The van der Waals surface area contributed by atoms with Crippen LogP contribution >= 0.6 is 0 Å². The molecule has 0 aliphatic heterocycles. The van der Waals surface area contributed by atoms with Gasteiger partial charge >= 0.3 is 0 Å². The fourth-order valence-electron chi connectivity index (χ4n) is 3.16. The number of hydrogen-bond acceptors (Lipinski definition) is 0. The van der Waals surface area contributed by atoms with Gasteiger partial charge in [0.15, 0.2) is 0 Å². The highest BCUT2D eigenvalue weighted by Crippen LogP contribution is 2.46. The van der Waals surface area contributed by atoms with E-state index in [4.69, 9.17) is 0 Å². The molecule has 0 fully saturated rings. The lowest BCUT2D eigenvalue weighted by Crippen LogP contribution is -2.34. The second-order valence-electron chi connectivity index (χ2n) is 5.95. The third kappa shape index (κ3) is 1.52. The minimum atomic E-state index is 0.255. The first-order valence-electron chi connectivity index (χ1n) is 6.81. The van der Waals surface area contributed by atoms with Gasteiger partial charge < -0.3 is 0 Å². The van der Waals surface area contributed by atoms with Gasteiger partial charge in [-0.15, -0.1) is 0 Å². The molecule has 2 aromatic carbocycles. The van der Waals surface area contributed by atoms with Crippen molar-refractivity contribution in [1.82, 2.24) is 0 Å². The topological polar surface area (TPSA) is 0 Å². The van der Waals surface area contributed by atoms with E-state index in [2.05, 4.69) is 69.3 Å². The van der Waals surface area contributed by atoms with Gasteiger partial charge in [0.1, 0.15) is 0 Å². The molecule has 0 bridgehead atoms. The Balaban J connectivity index is 2.30. The molecule has 3 rings (SSSR count). The number of rotatable bonds is 1. The lowest BCUT2D eigenvalue weighted by Gasteiger charge is -2.40. The van der Waals surface area contributed by atoms with Crippen LogP contribution in [0.25, 0.3) is 11.1 Å². The summed E-state index contributed by atoms with van der Waals surface area (Å²) in [7, 11) is 0. The van der Waals surface area contributed by atoms with Crippen molar-refractivity contribution in [3.8, 4) is 11.1 Å². The van der Waals surface area contributed by atoms with E-state index in [1.807, 2.05) is 0 Å². The fourth-order valence-corrected chi connectivity index (χ4v) is 3.16. The first-order valence-corrected chi connectivity index (χ1v) is 6.81. The maximum absolute atomic E-state index is 2.41. The van der Waals surface area contributed by atoms with Crippen LogP contribution in [-0.4, -0.2) is 0 Å². The molecule has 2 aromatic rings. The van der Waals surface area contributed by atoms with Crippen molar-refractivity contribution >= 4 is 0 Å². The van der Waals surface area contributed by atoms with E-state index in [0.717, 1.165) is 6.42 Å². The molecular formula is C18H20. The molecule has 18 heavy (non-hydrogen) atoms. The molecule has 0 saturated heterocycles. The van der Waals surface area contributed by atoms with Gasteiger partial charge in [-0.3, -0.25) is 0 Å². The standard InChI is InChI=1S/C18H20/c1-13(2)18(3)12-14-8-4-5-9-15(14)16-10-6-7-11-17(16)18/h4-11,13H,12H2,1-3H3. The highest BCUT2D eigenvalue weighted by molar-refractivity contribution is 5.75. The van der Waals surface area contributed by atoms with Crippen LogP contribution in [-0.2, 0) is 11.8 Å². The highest BCUT2D eigenvalue weighted by atomic mass is 14.4. The Morgan fingerprint density at radius 3 is 2.22 bits per heavy atom. The zero-order valence-electron chi connectivity index (χ0n) is 11.4. The Hall–Kier alpha value is -1.56. The lowest BCUT2D eigenvalue weighted by molar-refractivity contribution is 0.332. The first kappa shape index (κ1) is 11.5. The predicted molar refractivity (Wildman–Crippen MR) is 77.8 cm³/mol. The zero-order chi connectivity index (χ0) is 12.8. The molecule has 0 radical (unpaired) electrons. The third-order valence-corrected chi connectivity index (χ3v) is 4.68.